The van der Waals surface area contributed by atoms with Crippen LogP contribution in [0, 0.1) is 5.92 Å². The topological polar surface area (TPSA) is 69.6 Å². The molecule has 0 aromatic carbocycles. The summed E-state index contributed by atoms with van der Waals surface area (Å²) < 4.78 is 0. The van der Waals surface area contributed by atoms with Gasteiger partial charge < -0.3 is 15.3 Å². The minimum absolute atomic E-state index is 0.0504. The predicted molar refractivity (Wildman–Crippen MR) is 66.1 cm³/mol. The fourth-order valence-corrected chi connectivity index (χ4v) is 3.48. The monoisotopic (exact) mass is 258 g/mol. The highest BCUT2D eigenvalue weighted by molar-refractivity contribution is 7.99. The van der Waals surface area contributed by atoms with Crippen molar-refractivity contribution in [3.05, 3.63) is 0 Å². The van der Waals surface area contributed by atoms with E-state index in [1.165, 1.54) is 0 Å². The van der Waals surface area contributed by atoms with Crippen LogP contribution in [-0.4, -0.2) is 59.1 Å². The molecule has 0 aromatic heterocycles. The molecule has 2 unspecified atom stereocenters. The van der Waals surface area contributed by atoms with Gasteiger partial charge in [-0.2, -0.15) is 11.8 Å². The normalized spacial score (nSPS) is 29.3. The number of nitrogens with zero attached hydrogens (tertiary/aromatic N) is 1. The minimum Gasteiger partial charge on any atom is -0.481 e. The maximum atomic E-state index is 12.3. The number of amides is 1. The van der Waals surface area contributed by atoms with E-state index in [0.717, 1.165) is 31.0 Å². The van der Waals surface area contributed by atoms with Crippen LogP contribution in [0.2, 0.25) is 0 Å². The molecule has 0 aromatic rings. The average Bonchev–Trinajstić information content (AvgIpc) is 2.81. The number of hydrogen-bond donors (Lipinski definition) is 2. The van der Waals surface area contributed by atoms with Crippen molar-refractivity contribution in [2.24, 2.45) is 5.92 Å². The second-order valence-electron chi connectivity index (χ2n) is 4.55. The van der Waals surface area contributed by atoms with Crippen molar-refractivity contribution in [3.63, 3.8) is 0 Å². The van der Waals surface area contributed by atoms with E-state index >= 15 is 0 Å². The molecule has 2 atom stereocenters. The largest absolute Gasteiger partial charge is 0.481 e. The number of carbonyl (C=O) groups excluding carboxylic acids is 1. The van der Waals surface area contributed by atoms with Crippen LogP contribution < -0.4 is 5.32 Å². The number of nitrogens with one attached hydrogen (secondary N) is 1. The second-order valence-corrected chi connectivity index (χ2v) is 5.70. The van der Waals surface area contributed by atoms with E-state index in [1.54, 1.807) is 16.7 Å². The van der Waals surface area contributed by atoms with E-state index in [9.17, 15) is 9.59 Å². The third kappa shape index (κ3) is 3.13. The summed E-state index contributed by atoms with van der Waals surface area (Å²) in [6, 6.07) is -0.126. The van der Waals surface area contributed by atoms with E-state index < -0.39 is 5.97 Å². The van der Waals surface area contributed by atoms with Crippen LogP contribution in [0.15, 0.2) is 0 Å². The zero-order valence-electron chi connectivity index (χ0n) is 9.72. The molecule has 0 saturated carbocycles. The molecule has 0 radical (unpaired) electrons. The first-order chi connectivity index (χ1) is 8.18. The molecule has 5 nitrogen and oxygen atoms in total. The zero-order chi connectivity index (χ0) is 12.3. The molecular formula is C11H18N2O3S. The molecule has 2 saturated heterocycles. The van der Waals surface area contributed by atoms with Gasteiger partial charge >= 0.3 is 5.97 Å². The van der Waals surface area contributed by atoms with Crippen molar-refractivity contribution in [1.29, 1.82) is 0 Å². The lowest BCUT2D eigenvalue weighted by atomic mass is 10.1. The van der Waals surface area contributed by atoms with Gasteiger partial charge in [-0.25, -0.2) is 0 Å². The SMILES string of the molecule is O=C(O)CC1CSCCN1C(=O)C1CCNC1. The number of carboxylic acids is 1. The molecule has 96 valence electrons. The maximum absolute atomic E-state index is 12.3. The fourth-order valence-electron chi connectivity index (χ4n) is 2.42. The molecular weight excluding hydrogens is 240 g/mol. The highest BCUT2D eigenvalue weighted by Crippen LogP contribution is 2.22. The zero-order valence-corrected chi connectivity index (χ0v) is 10.5. The summed E-state index contributed by atoms with van der Waals surface area (Å²) >= 11 is 1.74. The molecule has 2 aliphatic heterocycles. The molecule has 2 N–H and O–H groups in total. The van der Waals surface area contributed by atoms with Crippen molar-refractivity contribution < 1.29 is 14.7 Å². The quantitative estimate of drug-likeness (QED) is 0.746. The Morgan fingerprint density at radius 2 is 2.29 bits per heavy atom. The molecule has 1 amide bonds. The first-order valence-corrected chi connectivity index (χ1v) is 7.14. The Labute approximate surface area is 105 Å². The number of aliphatic carboxylic acids is 1. The van der Waals surface area contributed by atoms with Crippen LogP contribution in [0.25, 0.3) is 0 Å². The first-order valence-electron chi connectivity index (χ1n) is 5.99. The third-order valence-electron chi connectivity index (χ3n) is 3.33. The van der Waals surface area contributed by atoms with Crippen molar-refractivity contribution in [2.45, 2.75) is 18.9 Å². The second kappa shape index (κ2) is 5.73. The van der Waals surface area contributed by atoms with Crippen LogP contribution in [0.5, 0.6) is 0 Å². The summed E-state index contributed by atoms with van der Waals surface area (Å²) in [4.78, 5) is 24.9. The van der Waals surface area contributed by atoms with Gasteiger partial charge in [0.15, 0.2) is 0 Å². The Balaban J connectivity index is 1.99. The summed E-state index contributed by atoms with van der Waals surface area (Å²) in [7, 11) is 0. The van der Waals surface area contributed by atoms with Crippen LogP contribution >= 0.6 is 11.8 Å². The Morgan fingerprint density at radius 3 is 2.94 bits per heavy atom. The molecule has 0 spiro atoms. The smallest absolute Gasteiger partial charge is 0.305 e. The van der Waals surface area contributed by atoms with E-state index in [0.29, 0.717) is 6.54 Å². The third-order valence-corrected chi connectivity index (χ3v) is 4.42. The van der Waals surface area contributed by atoms with Gasteiger partial charge in [0, 0.05) is 24.6 Å². The Morgan fingerprint density at radius 1 is 1.47 bits per heavy atom. The number of carbonyl (C=O) groups is 2. The van der Waals surface area contributed by atoms with E-state index in [4.69, 9.17) is 5.11 Å². The van der Waals surface area contributed by atoms with Crippen LogP contribution in [0.3, 0.4) is 0 Å². The summed E-state index contributed by atoms with van der Waals surface area (Å²) in [5.41, 5.74) is 0. The summed E-state index contributed by atoms with van der Waals surface area (Å²) in [5.74, 6) is 1.04. The fraction of sp³-hybridized carbons (Fsp3) is 0.818. The van der Waals surface area contributed by atoms with E-state index in [2.05, 4.69) is 5.32 Å². The first kappa shape index (κ1) is 12.7. The highest BCUT2D eigenvalue weighted by atomic mass is 32.2. The molecule has 2 fully saturated rings. The van der Waals surface area contributed by atoms with Gasteiger partial charge in [-0.15, -0.1) is 0 Å². The van der Waals surface area contributed by atoms with Crippen molar-refractivity contribution in [2.75, 3.05) is 31.1 Å². The van der Waals surface area contributed by atoms with Gasteiger partial charge in [0.2, 0.25) is 5.91 Å². The van der Waals surface area contributed by atoms with Gasteiger partial charge in [-0.1, -0.05) is 0 Å². The van der Waals surface area contributed by atoms with Gasteiger partial charge in [0.1, 0.15) is 0 Å². The van der Waals surface area contributed by atoms with Crippen molar-refractivity contribution >= 4 is 23.6 Å². The predicted octanol–water partition coefficient (Wildman–Crippen LogP) is 0.0146. The number of carboxylic acid groups (broad SMARTS) is 1. The Kier molecular flexibility index (Phi) is 4.28. The van der Waals surface area contributed by atoms with Crippen molar-refractivity contribution in [1.82, 2.24) is 10.2 Å². The molecule has 0 aliphatic carbocycles. The lowest BCUT2D eigenvalue weighted by molar-refractivity contribution is -0.141. The number of thioether (sulfide) groups is 1. The molecule has 0 bridgehead atoms. The number of rotatable bonds is 3. The summed E-state index contributed by atoms with van der Waals surface area (Å²) in [6.45, 7) is 2.32. The van der Waals surface area contributed by atoms with Gasteiger partial charge in [-0.05, 0) is 13.0 Å². The van der Waals surface area contributed by atoms with Crippen molar-refractivity contribution in [3.8, 4) is 0 Å². The van der Waals surface area contributed by atoms with Gasteiger partial charge in [0.05, 0.1) is 18.4 Å². The molecule has 17 heavy (non-hydrogen) atoms. The lowest BCUT2D eigenvalue weighted by Gasteiger charge is -2.36. The van der Waals surface area contributed by atoms with Gasteiger partial charge in [-0.3, -0.25) is 9.59 Å². The Hall–Kier alpha value is -0.750. The Bertz CT molecular complexity index is 305. The standard InChI is InChI=1S/C11H18N2O3S/c14-10(15)5-9-7-17-4-3-13(9)11(16)8-1-2-12-6-8/h8-9,12H,1-7H2,(H,14,15). The maximum Gasteiger partial charge on any atom is 0.305 e. The molecule has 2 heterocycles. The summed E-state index contributed by atoms with van der Waals surface area (Å²) in [6.07, 6.45) is 0.946. The van der Waals surface area contributed by atoms with E-state index in [1.807, 2.05) is 0 Å². The molecule has 2 aliphatic rings. The van der Waals surface area contributed by atoms with Gasteiger partial charge in [0.25, 0.3) is 0 Å². The lowest BCUT2D eigenvalue weighted by Crippen LogP contribution is -2.49. The number of hydrogen-bond acceptors (Lipinski definition) is 4. The molecule has 2 rings (SSSR count). The summed E-state index contributed by atoms with van der Waals surface area (Å²) in [5, 5.41) is 12.0. The highest BCUT2D eigenvalue weighted by Gasteiger charge is 2.33. The van der Waals surface area contributed by atoms with E-state index in [-0.39, 0.29) is 24.3 Å². The van der Waals surface area contributed by atoms with Crippen LogP contribution in [-0.2, 0) is 9.59 Å². The molecule has 6 heteroatoms. The van der Waals surface area contributed by atoms with Crippen LogP contribution in [0.1, 0.15) is 12.8 Å². The minimum atomic E-state index is -0.820. The van der Waals surface area contributed by atoms with Crippen LogP contribution in [0.4, 0.5) is 0 Å². The average molecular weight is 258 g/mol.